The molecule has 0 saturated carbocycles. The third-order valence-corrected chi connectivity index (χ3v) is 5.66. The number of methoxy groups -OCH3 is 2. The van der Waals surface area contributed by atoms with Gasteiger partial charge >= 0.3 is 12.1 Å². The number of nitrogens with one attached hydrogen (secondary N) is 3. The number of carbonyl (C=O) groups excluding carboxylic acids is 1. The number of hydrogen-bond acceptors (Lipinski definition) is 12. The Kier molecular flexibility index (Phi) is 8.73. The first-order valence-corrected chi connectivity index (χ1v) is 12.0. The first-order valence-electron chi connectivity index (χ1n) is 12.0. The van der Waals surface area contributed by atoms with E-state index in [1.54, 1.807) is 19.1 Å². The summed E-state index contributed by atoms with van der Waals surface area (Å²) >= 11 is 0. The highest BCUT2D eigenvalue weighted by Crippen LogP contribution is 2.36. The Balaban J connectivity index is 1.72. The van der Waals surface area contributed by atoms with Crippen LogP contribution in [0.4, 0.5) is 25.1 Å². The highest BCUT2D eigenvalue weighted by atomic mass is 19.4. The predicted molar refractivity (Wildman–Crippen MR) is 140 cm³/mol. The predicted octanol–water partition coefficient (Wildman–Crippen LogP) is 2.36. The van der Waals surface area contributed by atoms with Crippen LogP contribution in [0.2, 0.25) is 0 Å². The van der Waals surface area contributed by atoms with Crippen molar-refractivity contribution in [2.75, 3.05) is 45.8 Å². The number of alkyl halides is 3. The van der Waals surface area contributed by atoms with Crippen LogP contribution in [0.3, 0.4) is 0 Å². The number of aromatic nitrogens is 4. The average Bonchev–Trinajstić information content (AvgIpc) is 2.92. The quantitative estimate of drug-likeness (QED) is 0.117. The zero-order chi connectivity index (χ0) is 29.7. The van der Waals surface area contributed by atoms with E-state index in [4.69, 9.17) is 19.3 Å². The van der Waals surface area contributed by atoms with Crippen LogP contribution in [0.25, 0.3) is 21.8 Å². The van der Waals surface area contributed by atoms with Gasteiger partial charge in [-0.2, -0.15) is 13.2 Å². The molecular formula is C25H25F3N6O7. The molecule has 2 heterocycles. The number of ether oxygens (including phenoxy) is 4. The number of aliphatic hydroxyl groups is 1. The second kappa shape index (κ2) is 12.2. The summed E-state index contributed by atoms with van der Waals surface area (Å²) in [4.78, 5) is 40.2. The van der Waals surface area contributed by atoms with Crippen molar-refractivity contribution in [2.45, 2.75) is 13.1 Å². The number of hydrogen-bond donors (Lipinski definition) is 4. The van der Waals surface area contributed by atoms with Crippen molar-refractivity contribution >= 4 is 39.7 Å². The molecule has 16 heteroatoms. The van der Waals surface area contributed by atoms with E-state index in [-0.39, 0.29) is 49.5 Å². The lowest BCUT2D eigenvalue weighted by Crippen LogP contribution is -2.29. The molecule has 4 rings (SSSR count). The summed E-state index contributed by atoms with van der Waals surface area (Å²) in [5.41, 5.74) is 0.0433. The molecule has 4 N–H and O–H groups in total. The van der Waals surface area contributed by atoms with Crippen molar-refractivity contribution in [3.05, 3.63) is 40.3 Å². The van der Waals surface area contributed by atoms with Gasteiger partial charge < -0.3 is 29.4 Å². The SMILES string of the molecule is COc1cc2nc(Nc3nc4ccc(OCCNCCO)c(OC(=O)C(F)(F)F)c4c(=O)[nH]3)nc(C)c2cc1OC. The summed E-state index contributed by atoms with van der Waals surface area (Å²) < 4.78 is 59.7. The largest absolute Gasteiger partial charge is 0.493 e. The van der Waals surface area contributed by atoms with Gasteiger partial charge in [-0.15, -0.1) is 0 Å². The van der Waals surface area contributed by atoms with Crippen LogP contribution in [0.1, 0.15) is 5.69 Å². The fourth-order valence-electron chi connectivity index (χ4n) is 3.82. The van der Waals surface area contributed by atoms with Gasteiger partial charge in [-0.1, -0.05) is 0 Å². The lowest BCUT2D eigenvalue weighted by atomic mass is 10.1. The molecule has 0 aliphatic rings. The van der Waals surface area contributed by atoms with E-state index in [9.17, 15) is 22.8 Å². The van der Waals surface area contributed by atoms with Gasteiger partial charge in [-0.05, 0) is 25.1 Å². The van der Waals surface area contributed by atoms with Crippen molar-refractivity contribution in [1.29, 1.82) is 0 Å². The maximum atomic E-state index is 13.1. The molecule has 2 aromatic carbocycles. The van der Waals surface area contributed by atoms with Gasteiger partial charge in [0, 0.05) is 24.5 Å². The lowest BCUT2D eigenvalue weighted by Gasteiger charge is -2.15. The Morgan fingerprint density at radius 3 is 2.44 bits per heavy atom. The number of aliphatic hydroxyl groups excluding tert-OH is 1. The number of rotatable bonds is 11. The third-order valence-electron chi connectivity index (χ3n) is 5.66. The first kappa shape index (κ1) is 29.3. The van der Waals surface area contributed by atoms with Crippen LogP contribution in [0.15, 0.2) is 29.1 Å². The number of halogens is 3. The molecular weight excluding hydrogens is 553 g/mol. The van der Waals surface area contributed by atoms with Gasteiger partial charge in [0.15, 0.2) is 23.0 Å². The van der Waals surface area contributed by atoms with Crippen LogP contribution in [0, 0.1) is 6.92 Å². The Morgan fingerprint density at radius 2 is 1.76 bits per heavy atom. The molecule has 41 heavy (non-hydrogen) atoms. The second-order valence-electron chi connectivity index (χ2n) is 8.39. The van der Waals surface area contributed by atoms with E-state index in [2.05, 4.69) is 35.3 Å². The molecule has 0 fully saturated rings. The molecule has 4 aromatic rings. The Hall–Kier alpha value is -4.70. The fraction of sp³-hybridized carbons (Fsp3) is 0.320. The topological polar surface area (TPSA) is 170 Å². The normalized spacial score (nSPS) is 11.5. The van der Waals surface area contributed by atoms with Gasteiger partial charge in [0.2, 0.25) is 11.9 Å². The highest BCUT2D eigenvalue weighted by Gasteiger charge is 2.42. The van der Waals surface area contributed by atoms with Crippen molar-refractivity contribution in [3.8, 4) is 23.0 Å². The minimum Gasteiger partial charge on any atom is -0.493 e. The smallest absolute Gasteiger partial charge is 0.491 e. The number of aryl methyl sites for hydroxylation is 1. The monoisotopic (exact) mass is 578 g/mol. The molecule has 0 radical (unpaired) electrons. The fourth-order valence-corrected chi connectivity index (χ4v) is 3.82. The number of fused-ring (bicyclic) bond motifs is 2. The van der Waals surface area contributed by atoms with E-state index in [1.807, 2.05) is 0 Å². The second-order valence-corrected chi connectivity index (χ2v) is 8.39. The molecule has 0 spiro atoms. The molecule has 13 nitrogen and oxygen atoms in total. The summed E-state index contributed by atoms with van der Waals surface area (Å²) in [7, 11) is 2.98. The number of nitrogens with zero attached hydrogens (tertiary/aromatic N) is 3. The van der Waals surface area contributed by atoms with Gasteiger partial charge in [-0.25, -0.2) is 19.7 Å². The van der Waals surface area contributed by atoms with Crippen LogP contribution in [-0.4, -0.2) is 77.7 Å². The Labute approximate surface area is 229 Å². The number of anilines is 2. The van der Waals surface area contributed by atoms with Crippen molar-refractivity contribution in [2.24, 2.45) is 0 Å². The van der Waals surface area contributed by atoms with Gasteiger partial charge in [0.1, 0.15) is 12.0 Å². The molecule has 0 amide bonds. The van der Waals surface area contributed by atoms with Gasteiger partial charge in [0.05, 0.1) is 37.6 Å². The molecule has 0 bridgehead atoms. The molecule has 0 unspecified atom stereocenters. The summed E-state index contributed by atoms with van der Waals surface area (Å²) in [6.45, 7) is 2.02. The standard InChI is InChI=1S/C25H25F3N6O7/c1-12-13-10-17(38-2)18(39-3)11-15(13)32-23(30-12)34-24-31-14-4-5-16(40-9-7-29-6-8-35)20(19(14)21(36)33-24)41-22(37)25(26,27)28/h4-5,10-11,29,35H,6-9H2,1-3H3,(H2,30,31,32,33,34,36). The Bertz CT molecular complexity index is 1640. The van der Waals surface area contributed by atoms with E-state index >= 15 is 0 Å². The van der Waals surface area contributed by atoms with Crippen LogP contribution < -0.4 is 35.1 Å². The van der Waals surface area contributed by atoms with Crippen molar-refractivity contribution in [3.63, 3.8) is 0 Å². The van der Waals surface area contributed by atoms with E-state index in [0.717, 1.165) is 0 Å². The number of carbonyl (C=O) groups is 1. The first-order chi connectivity index (χ1) is 19.5. The van der Waals surface area contributed by atoms with Crippen molar-refractivity contribution in [1.82, 2.24) is 25.3 Å². The van der Waals surface area contributed by atoms with Crippen LogP contribution in [0.5, 0.6) is 23.0 Å². The van der Waals surface area contributed by atoms with E-state index in [1.165, 1.54) is 26.4 Å². The summed E-state index contributed by atoms with van der Waals surface area (Å²) in [5, 5.41) is 14.7. The molecule has 2 aromatic heterocycles. The molecule has 0 aliphatic heterocycles. The minimum atomic E-state index is -5.33. The van der Waals surface area contributed by atoms with Crippen LogP contribution in [-0.2, 0) is 4.79 Å². The third kappa shape index (κ3) is 6.55. The zero-order valence-electron chi connectivity index (χ0n) is 22.0. The summed E-state index contributed by atoms with van der Waals surface area (Å²) in [5.74, 6) is -2.72. The summed E-state index contributed by atoms with van der Waals surface area (Å²) in [6, 6.07) is 5.91. The van der Waals surface area contributed by atoms with Crippen LogP contribution >= 0.6 is 0 Å². The molecule has 0 saturated heterocycles. The average molecular weight is 579 g/mol. The number of H-pyrrole nitrogens is 1. The van der Waals surface area contributed by atoms with E-state index < -0.39 is 28.8 Å². The number of benzene rings is 2. The maximum Gasteiger partial charge on any atom is 0.491 e. The maximum absolute atomic E-state index is 13.1. The van der Waals surface area contributed by atoms with Gasteiger partial charge in [-0.3, -0.25) is 15.1 Å². The Morgan fingerprint density at radius 1 is 1.02 bits per heavy atom. The molecule has 0 aliphatic carbocycles. The number of esters is 1. The zero-order valence-corrected chi connectivity index (χ0v) is 22.0. The summed E-state index contributed by atoms with van der Waals surface area (Å²) in [6.07, 6.45) is -5.33. The number of aromatic amines is 1. The van der Waals surface area contributed by atoms with E-state index in [0.29, 0.717) is 28.1 Å². The molecule has 218 valence electrons. The highest BCUT2D eigenvalue weighted by molar-refractivity contribution is 5.91. The van der Waals surface area contributed by atoms with Gasteiger partial charge in [0.25, 0.3) is 5.56 Å². The molecule has 0 atom stereocenters. The van der Waals surface area contributed by atoms with Crippen molar-refractivity contribution < 1.29 is 42.0 Å². The minimum absolute atomic E-state index is 0.0591. The lowest BCUT2D eigenvalue weighted by molar-refractivity contribution is -0.189.